The maximum atomic E-state index is 10.9. The molecule has 2 rings (SSSR count). The lowest BCUT2D eigenvalue weighted by atomic mass is 10.2. The maximum Gasteiger partial charge on any atom is 0.347 e. The third kappa shape index (κ3) is 2.88. The van der Waals surface area contributed by atoms with Gasteiger partial charge in [0, 0.05) is 18.3 Å². The van der Waals surface area contributed by atoms with Crippen molar-refractivity contribution in [3.8, 4) is 0 Å². The molecule has 2 aromatic rings. The fourth-order valence-electron chi connectivity index (χ4n) is 1.54. The van der Waals surface area contributed by atoms with Crippen LogP contribution in [0.4, 0.5) is 0 Å². The number of carboxylic acid groups (broad SMARTS) is 1. The average molecular weight is 248 g/mol. The van der Waals surface area contributed by atoms with Gasteiger partial charge in [-0.1, -0.05) is 6.07 Å². The molecule has 0 bridgehead atoms. The van der Waals surface area contributed by atoms with Crippen molar-refractivity contribution in [3.05, 3.63) is 45.7 Å². The van der Waals surface area contributed by atoms with Gasteiger partial charge in [0.05, 0.1) is 10.7 Å². The molecule has 88 valence electrons. The van der Waals surface area contributed by atoms with Crippen molar-refractivity contribution >= 4 is 17.3 Å². The molecule has 0 aliphatic rings. The summed E-state index contributed by atoms with van der Waals surface area (Å²) in [5.41, 5.74) is 1.59. The average Bonchev–Trinajstić information content (AvgIpc) is 2.69. The summed E-state index contributed by atoms with van der Waals surface area (Å²) in [7, 11) is 0. The van der Waals surface area contributed by atoms with E-state index in [1.165, 1.54) is 11.3 Å². The molecule has 2 aromatic heterocycles. The highest BCUT2D eigenvalue weighted by Gasteiger charge is 2.13. The third-order valence-corrected chi connectivity index (χ3v) is 3.56. The first-order chi connectivity index (χ1) is 8.16. The van der Waals surface area contributed by atoms with Gasteiger partial charge in [-0.25, -0.2) is 9.78 Å². The van der Waals surface area contributed by atoms with E-state index in [0.717, 1.165) is 23.5 Å². The van der Waals surface area contributed by atoms with Gasteiger partial charge >= 0.3 is 5.97 Å². The third-order valence-electron chi connectivity index (χ3n) is 2.36. The number of carboxylic acids is 1. The van der Waals surface area contributed by atoms with Crippen molar-refractivity contribution in [2.75, 3.05) is 0 Å². The lowest BCUT2D eigenvalue weighted by molar-refractivity contribution is 0.0701. The van der Waals surface area contributed by atoms with Gasteiger partial charge < -0.3 is 5.11 Å². The minimum atomic E-state index is -0.899. The molecule has 0 aromatic carbocycles. The molecule has 0 fully saturated rings. The molecule has 0 saturated carbocycles. The zero-order chi connectivity index (χ0) is 12.3. The SMILES string of the molecule is Cc1nc(CCc2ccccn2)sc1C(=O)O. The van der Waals surface area contributed by atoms with Crippen molar-refractivity contribution < 1.29 is 9.90 Å². The second-order valence-electron chi connectivity index (χ2n) is 3.65. The molecule has 0 aliphatic heterocycles. The van der Waals surface area contributed by atoms with E-state index in [1.54, 1.807) is 13.1 Å². The van der Waals surface area contributed by atoms with Crippen LogP contribution in [0, 0.1) is 6.92 Å². The van der Waals surface area contributed by atoms with E-state index in [0.29, 0.717) is 10.6 Å². The van der Waals surface area contributed by atoms with Crippen LogP contribution in [0.15, 0.2) is 24.4 Å². The van der Waals surface area contributed by atoms with Crippen molar-refractivity contribution in [1.29, 1.82) is 0 Å². The molecule has 0 amide bonds. The highest BCUT2D eigenvalue weighted by Crippen LogP contribution is 2.19. The van der Waals surface area contributed by atoms with Crippen molar-refractivity contribution in [2.24, 2.45) is 0 Å². The van der Waals surface area contributed by atoms with Gasteiger partial charge in [-0.3, -0.25) is 4.98 Å². The van der Waals surface area contributed by atoms with E-state index in [9.17, 15) is 4.79 Å². The summed E-state index contributed by atoms with van der Waals surface area (Å²) in [6.45, 7) is 1.73. The fourth-order valence-corrected chi connectivity index (χ4v) is 2.44. The molecule has 0 radical (unpaired) electrons. The van der Waals surface area contributed by atoms with Gasteiger partial charge in [0.25, 0.3) is 0 Å². The van der Waals surface area contributed by atoms with Crippen LogP contribution in [-0.4, -0.2) is 21.0 Å². The number of hydrogen-bond donors (Lipinski definition) is 1. The first kappa shape index (κ1) is 11.7. The Morgan fingerprint density at radius 3 is 2.82 bits per heavy atom. The van der Waals surface area contributed by atoms with Gasteiger partial charge in [-0.05, 0) is 25.5 Å². The molecule has 2 heterocycles. The van der Waals surface area contributed by atoms with Gasteiger partial charge in [-0.2, -0.15) is 0 Å². The van der Waals surface area contributed by atoms with Crippen LogP contribution in [0.3, 0.4) is 0 Å². The van der Waals surface area contributed by atoms with Crippen LogP contribution in [-0.2, 0) is 12.8 Å². The Bertz CT molecular complexity index is 523. The van der Waals surface area contributed by atoms with E-state index in [2.05, 4.69) is 9.97 Å². The largest absolute Gasteiger partial charge is 0.477 e. The van der Waals surface area contributed by atoms with E-state index < -0.39 is 5.97 Å². The minimum absolute atomic E-state index is 0.334. The highest BCUT2D eigenvalue weighted by molar-refractivity contribution is 7.13. The smallest absolute Gasteiger partial charge is 0.347 e. The Labute approximate surface area is 103 Å². The number of nitrogens with zero attached hydrogens (tertiary/aromatic N) is 2. The Morgan fingerprint density at radius 1 is 1.41 bits per heavy atom. The van der Waals surface area contributed by atoms with E-state index >= 15 is 0 Å². The minimum Gasteiger partial charge on any atom is -0.477 e. The summed E-state index contributed by atoms with van der Waals surface area (Å²) in [6, 6.07) is 5.77. The molecule has 0 unspecified atom stereocenters. The highest BCUT2D eigenvalue weighted by atomic mass is 32.1. The van der Waals surface area contributed by atoms with Gasteiger partial charge in [0.2, 0.25) is 0 Å². The molecular formula is C12H12N2O2S. The maximum absolute atomic E-state index is 10.9. The van der Waals surface area contributed by atoms with Crippen LogP contribution in [0.5, 0.6) is 0 Å². The lowest BCUT2D eigenvalue weighted by Gasteiger charge is -1.96. The summed E-state index contributed by atoms with van der Waals surface area (Å²) in [4.78, 5) is 19.7. The Balaban J connectivity index is 2.05. The first-order valence-corrected chi connectivity index (χ1v) is 6.08. The molecule has 0 saturated heterocycles. The van der Waals surface area contributed by atoms with Gasteiger partial charge in [0.15, 0.2) is 0 Å². The van der Waals surface area contributed by atoms with E-state index in [4.69, 9.17) is 5.11 Å². The second kappa shape index (κ2) is 5.05. The normalized spacial score (nSPS) is 10.4. The summed E-state index contributed by atoms with van der Waals surface area (Å²) < 4.78 is 0. The second-order valence-corrected chi connectivity index (χ2v) is 4.73. The summed E-state index contributed by atoms with van der Waals surface area (Å²) in [5, 5.41) is 9.77. The first-order valence-electron chi connectivity index (χ1n) is 5.26. The fraction of sp³-hybridized carbons (Fsp3) is 0.250. The molecule has 1 N–H and O–H groups in total. The van der Waals surface area contributed by atoms with E-state index in [-0.39, 0.29) is 0 Å². The standard InChI is InChI=1S/C12H12N2O2S/c1-8-11(12(15)16)17-10(14-8)6-5-9-4-2-3-7-13-9/h2-4,7H,5-6H2,1H3,(H,15,16). The van der Waals surface area contributed by atoms with E-state index in [1.807, 2.05) is 18.2 Å². The van der Waals surface area contributed by atoms with Gasteiger partial charge in [-0.15, -0.1) is 11.3 Å². The summed E-state index contributed by atoms with van der Waals surface area (Å²) in [6.07, 6.45) is 3.27. The Kier molecular flexibility index (Phi) is 3.49. The number of carbonyl (C=O) groups is 1. The van der Waals surface area contributed by atoms with Crippen LogP contribution in [0.2, 0.25) is 0 Å². The zero-order valence-electron chi connectivity index (χ0n) is 9.38. The van der Waals surface area contributed by atoms with Crippen LogP contribution in [0.25, 0.3) is 0 Å². The number of aromatic carboxylic acids is 1. The molecule has 17 heavy (non-hydrogen) atoms. The van der Waals surface area contributed by atoms with Crippen molar-refractivity contribution in [1.82, 2.24) is 9.97 Å². The Morgan fingerprint density at radius 2 is 2.24 bits per heavy atom. The molecule has 0 atom stereocenters. The number of aromatic nitrogens is 2. The van der Waals surface area contributed by atoms with Crippen molar-refractivity contribution in [2.45, 2.75) is 19.8 Å². The predicted molar refractivity (Wildman–Crippen MR) is 65.5 cm³/mol. The molecule has 0 spiro atoms. The molecule has 0 aliphatic carbocycles. The molecule has 4 nitrogen and oxygen atoms in total. The summed E-state index contributed by atoms with van der Waals surface area (Å²) >= 11 is 1.25. The molecular weight excluding hydrogens is 236 g/mol. The lowest BCUT2D eigenvalue weighted by Crippen LogP contribution is -1.94. The number of thiazole rings is 1. The van der Waals surface area contributed by atoms with Crippen molar-refractivity contribution in [3.63, 3.8) is 0 Å². The summed E-state index contributed by atoms with van der Waals surface area (Å²) in [5.74, 6) is -0.899. The topological polar surface area (TPSA) is 63.1 Å². The predicted octanol–water partition coefficient (Wildman–Crippen LogP) is 2.33. The number of rotatable bonds is 4. The van der Waals surface area contributed by atoms with Gasteiger partial charge in [0.1, 0.15) is 4.88 Å². The van der Waals surface area contributed by atoms with Crippen LogP contribution in [0.1, 0.15) is 26.1 Å². The number of hydrogen-bond acceptors (Lipinski definition) is 4. The Hall–Kier alpha value is -1.75. The quantitative estimate of drug-likeness (QED) is 0.902. The zero-order valence-corrected chi connectivity index (χ0v) is 10.2. The number of aryl methyl sites for hydroxylation is 3. The monoisotopic (exact) mass is 248 g/mol. The van der Waals surface area contributed by atoms with Crippen LogP contribution < -0.4 is 0 Å². The van der Waals surface area contributed by atoms with Crippen LogP contribution >= 0.6 is 11.3 Å². The molecule has 5 heteroatoms. The number of pyridine rings is 1.